The van der Waals surface area contributed by atoms with Crippen LogP contribution in [0.4, 0.5) is 5.69 Å². The number of amides is 1. The number of hydrogen-bond donors (Lipinski definition) is 1. The van der Waals surface area contributed by atoms with Gasteiger partial charge in [-0.15, -0.1) is 5.10 Å². The van der Waals surface area contributed by atoms with Crippen LogP contribution in [0.15, 0.2) is 53.6 Å². The van der Waals surface area contributed by atoms with Gasteiger partial charge in [0.15, 0.2) is 5.82 Å². The number of aromatic nitrogens is 4. The van der Waals surface area contributed by atoms with Gasteiger partial charge in [-0.1, -0.05) is 6.07 Å². The summed E-state index contributed by atoms with van der Waals surface area (Å²) in [6, 6.07) is 10.8. The fourth-order valence-electron chi connectivity index (χ4n) is 2.91. The smallest absolute Gasteiger partial charge is 0.346 e. The van der Waals surface area contributed by atoms with Gasteiger partial charge in [-0.3, -0.25) is 14.3 Å². The van der Waals surface area contributed by atoms with Crippen molar-refractivity contribution in [3.8, 4) is 17.1 Å². The van der Waals surface area contributed by atoms with E-state index in [2.05, 4.69) is 15.4 Å². The van der Waals surface area contributed by atoms with E-state index >= 15 is 0 Å². The van der Waals surface area contributed by atoms with E-state index in [0.29, 0.717) is 17.3 Å². The van der Waals surface area contributed by atoms with Crippen LogP contribution in [0.5, 0.6) is 5.75 Å². The first kappa shape index (κ1) is 17.0. The molecule has 1 saturated carbocycles. The molecule has 1 N–H and O–H groups in total. The highest BCUT2D eigenvalue weighted by Gasteiger charge is 2.30. The fraction of sp³-hybridized carbons (Fsp3) is 0.263. The fourth-order valence-corrected chi connectivity index (χ4v) is 2.91. The van der Waals surface area contributed by atoms with Crippen molar-refractivity contribution in [2.45, 2.75) is 25.4 Å². The molecule has 0 bridgehead atoms. The summed E-state index contributed by atoms with van der Waals surface area (Å²) in [4.78, 5) is 29.3. The standard InChI is InChI=1S/C19H19N5O3/c1-27-16-6-2-5-14(10-16)21-17(25)12-23-19(26)24(15-7-8-15)18(22-23)13-4-3-9-20-11-13/h2-6,9-11,15H,7-8,12H2,1H3,(H,21,25). The third-order valence-corrected chi connectivity index (χ3v) is 4.35. The maximum Gasteiger partial charge on any atom is 0.346 e. The number of ether oxygens (including phenoxy) is 1. The molecule has 1 amide bonds. The molecule has 4 rings (SSSR count). The van der Waals surface area contributed by atoms with Crippen LogP contribution in [0.25, 0.3) is 11.4 Å². The molecule has 8 nitrogen and oxygen atoms in total. The minimum atomic E-state index is -0.330. The van der Waals surface area contributed by atoms with Crippen LogP contribution < -0.4 is 15.7 Å². The van der Waals surface area contributed by atoms with E-state index in [9.17, 15) is 9.59 Å². The van der Waals surface area contributed by atoms with Crippen molar-refractivity contribution in [3.63, 3.8) is 0 Å². The average Bonchev–Trinajstić information content (AvgIpc) is 3.47. The van der Waals surface area contributed by atoms with Crippen LogP contribution in [0, 0.1) is 0 Å². The lowest BCUT2D eigenvalue weighted by Gasteiger charge is -2.06. The van der Waals surface area contributed by atoms with Crippen molar-refractivity contribution in [2.24, 2.45) is 0 Å². The summed E-state index contributed by atoms with van der Waals surface area (Å²) < 4.78 is 8.01. The van der Waals surface area contributed by atoms with Gasteiger partial charge in [0.05, 0.1) is 7.11 Å². The van der Waals surface area contributed by atoms with Gasteiger partial charge >= 0.3 is 5.69 Å². The summed E-state index contributed by atoms with van der Waals surface area (Å²) in [5.41, 5.74) is 1.08. The zero-order valence-corrected chi connectivity index (χ0v) is 14.8. The van der Waals surface area contributed by atoms with Gasteiger partial charge in [0, 0.05) is 35.8 Å². The largest absolute Gasteiger partial charge is 0.497 e. The highest BCUT2D eigenvalue weighted by atomic mass is 16.5. The van der Waals surface area contributed by atoms with Gasteiger partial charge in [0.25, 0.3) is 0 Å². The van der Waals surface area contributed by atoms with Crippen molar-refractivity contribution in [1.29, 1.82) is 0 Å². The maximum absolute atomic E-state index is 12.8. The van der Waals surface area contributed by atoms with Crippen molar-refractivity contribution < 1.29 is 9.53 Å². The lowest BCUT2D eigenvalue weighted by Crippen LogP contribution is -2.30. The number of benzene rings is 1. The Hall–Kier alpha value is -3.42. The second-order valence-electron chi connectivity index (χ2n) is 6.39. The summed E-state index contributed by atoms with van der Waals surface area (Å²) in [7, 11) is 1.56. The molecule has 0 atom stereocenters. The zero-order chi connectivity index (χ0) is 18.8. The van der Waals surface area contributed by atoms with Gasteiger partial charge in [-0.25, -0.2) is 9.48 Å². The van der Waals surface area contributed by atoms with Crippen molar-refractivity contribution in [1.82, 2.24) is 19.3 Å². The number of anilines is 1. The molecular weight excluding hydrogens is 346 g/mol. The van der Waals surface area contributed by atoms with E-state index in [-0.39, 0.29) is 24.2 Å². The zero-order valence-electron chi connectivity index (χ0n) is 14.8. The van der Waals surface area contributed by atoms with Crippen molar-refractivity contribution in [3.05, 3.63) is 59.3 Å². The Morgan fingerprint density at radius 2 is 2.15 bits per heavy atom. The molecule has 1 aliphatic rings. The van der Waals surface area contributed by atoms with Gasteiger partial charge in [0.1, 0.15) is 12.3 Å². The first-order valence-electron chi connectivity index (χ1n) is 8.69. The molecule has 1 aliphatic carbocycles. The minimum absolute atomic E-state index is 0.142. The predicted octanol–water partition coefficient (Wildman–Crippen LogP) is 2.09. The van der Waals surface area contributed by atoms with Crippen LogP contribution >= 0.6 is 0 Å². The van der Waals surface area contributed by atoms with Crippen LogP contribution in [-0.2, 0) is 11.3 Å². The van der Waals surface area contributed by atoms with Gasteiger partial charge in [0.2, 0.25) is 5.91 Å². The first-order valence-corrected chi connectivity index (χ1v) is 8.69. The Morgan fingerprint density at radius 1 is 1.30 bits per heavy atom. The minimum Gasteiger partial charge on any atom is -0.497 e. The van der Waals surface area contributed by atoms with Crippen molar-refractivity contribution in [2.75, 3.05) is 12.4 Å². The van der Waals surface area contributed by atoms with E-state index in [1.165, 1.54) is 4.68 Å². The van der Waals surface area contributed by atoms with Gasteiger partial charge in [-0.05, 0) is 37.1 Å². The Labute approximate surface area is 155 Å². The normalized spacial score (nSPS) is 13.4. The summed E-state index contributed by atoms with van der Waals surface area (Å²) >= 11 is 0. The van der Waals surface area contributed by atoms with Crippen molar-refractivity contribution >= 4 is 11.6 Å². The SMILES string of the molecule is COc1cccc(NC(=O)Cn2nc(-c3cccnc3)n(C3CC3)c2=O)c1. The second kappa shape index (κ2) is 7.06. The average molecular weight is 365 g/mol. The molecule has 2 heterocycles. The third-order valence-electron chi connectivity index (χ3n) is 4.35. The molecule has 3 aromatic rings. The Bertz CT molecular complexity index is 1020. The summed E-state index contributed by atoms with van der Waals surface area (Å²) in [6.45, 7) is -0.164. The predicted molar refractivity (Wildman–Crippen MR) is 99.6 cm³/mol. The van der Waals surface area contributed by atoms with Crippen LogP contribution in [0.2, 0.25) is 0 Å². The number of hydrogen-bond acceptors (Lipinski definition) is 5. The molecule has 0 aliphatic heterocycles. The van der Waals surface area contributed by atoms with Crippen LogP contribution in [0.3, 0.4) is 0 Å². The monoisotopic (exact) mass is 365 g/mol. The highest BCUT2D eigenvalue weighted by molar-refractivity contribution is 5.90. The molecule has 1 aromatic carbocycles. The number of nitrogens with zero attached hydrogens (tertiary/aromatic N) is 4. The summed E-state index contributed by atoms with van der Waals surface area (Å²) in [5, 5.41) is 7.16. The van der Waals surface area contributed by atoms with Gasteiger partial charge in [-0.2, -0.15) is 0 Å². The van der Waals surface area contributed by atoms with Gasteiger partial charge < -0.3 is 10.1 Å². The number of pyridine rings is 1. The molecule has 27 heavy (non-hydrogen) atoms. The topological polar surface area (TPSA) is 91.0 Å². The van der Waals surface area contributed by atoms with E-state index in [1.807, 2.05) is 6.07 Å². The Morgan fingerprint density at radius 3 is 2.85 bits per heavy atom. The Kier molecular flexibility index (Phi) is 4.45. The molecule has 0 radical (unpaired) electrons. The van der Waals surface area contributed by atoms with E-state index in [0.717, 1.165) is 18.4 Å². The van der Waals surface area contributed by atoms with E-state index < -0.39 is 0 Å². The second-order valence-corrected chi connectivity index (χ2v) is 6.39. The maximum atomic E-state index is 12.8. The third kappa shape index (κ3) is 3.59. The highest BCUT2D eigenvalue weighted by Crippen LogP contribution is 2.36. The lowest BCUT2D eigenvalue weighted by molar-refractivity contribution is -0.117. The number of rotatable bonds is 6. The van der Waals surface area contributed by atoms with E-state index in [4.69, 9.17) is 4.74 Å². The number of methoxy groups -OCH3 is 1. The van der Waals surface area contributed by atoms with Crippen LogP contribution in [0.1, 0.15) is 18.9 Å². The first-order chi connectivity index (χ1) is 13.2. The molecule has 0 saturated heterocycles. The van der Waals surface area contributed by atoms with Crippen LogP contribution in [-0.4, -0.2) is 32.3 Å². The number of carbonyl (C=O) groups excluding carboxylic acids is 1. The molecular formula is C19H19N5O3. The lowest BCUT2D eigenvalue weighted by atomic mass is 10.3. The number of carbonyl (C=O) groups is 1. The molecule has 1 fully saturated rings. The summed E-state index contributed by atoms with van der Waals surface area (Å²) in [5.74, 6) is 0.857. The molecule has 8 heteroatoms. The molecule has 2 aromatic heterocycles. The molecule has 0 spiro atoms. The van der Waals surface area contributed by atoms with E-state index in [1.54, 1.807) is 54.4 Å². The quantitative estimate of drug-likeness (QED) is 0.722. The Balaban J connectivity index is 1.59. The number of nitrogens with one attached hydrogen (secondary N) is 1. The summed E-state index contributed by atoms with van der Waals surface area (Å²) in [6.07, 6.45) is 5.21. The molecule has 138 valence electrons. The molecule has 0 unspecified atom stereocenters.